The number of aryl methyl sites for hydroxylation is 2. The summed E-state index contributed by atoms with van der Waals surface area (Å²) in [5.41, 5.74) is 2.93. The van der Waals surface area contributed by atoms with E-state index < -0.39 is 0 Å². The largest absolute Gasteiger partial charge is 0.305 e. The standard InChI is InChI=1S/C19H19N5O/c1-12-10-16(21-18(20-12)14-8-9-14)19(25)22-17-11-13(2)23-24(17)15-6-4-3-5-7-15/h3-7,10-11,14H,8-9H2,1-2H3,(H,22,25). The van der Waals surface area contributed by atoms with Gasteiger partial charge >= 0.3 is 0 Å². The van der Waals surface area contributed by atoms with Crippen LogP contribution in [0.1, 0.15) is 46.5 Å². The van der Waals surface area contributed by atoms with Crippen LogP contribution in [0.4, 0.5) is 5.82 Å². The maximum atomic E-state index is 12.7. The number of benzene rings is 1. The Morgan fingerprint density at radius 1 is 1.08 bits per heavy atom. The van der Waals surface area contributed by atoms with Gasteiger partial charge < -0.3 is 5.32 Å². The van der Waals surface area contributed by atoms with Crippen LogP contribution >= 0.6 is 0 Å². The quantitative estimate of drug-likeness (QED) is 0.794. The summed E-state index contributed by atoms with van der Waals surface area (Å²) in [7, 11) is 0. The maximum Gasteiger partial charge on any atom is 0.275 e. The van der Waals surface area contributed by atoms with E-state index in [0.717, 1.165) is 35.7 Å². The minimum Gasteiger partial charge on any atom is -0.305 e. The molecule has 0 atom stereocenters. The van der Waals surface area contributed by atoms with E-state index in [-0.39, 0.29) is 5.91 Å². The van der Waals surface area contributed by atoms with Crippen molar-refractivity contribution in [3.63, 3.8) is 0 Å². The number of carbonyl (C=O) groups is 1. The third-order valence-corrected chi connectivity index (χ3v) is 4.12. The lowest BCUT2D eigenvalue weighted by Crippen LogP contribution is -2.18. The first-order valence-corrected chi connectivity index (χ1v) is 8.39. The van der Waals surface area contributed by atoms with Crippen LogP contribution < -0.4 is 5.32 Å². The molecule has 1 aliphatic rings. The fraction of sp³-hybridized carbons (Fsp3) is 0.263. The Kier molecular flexibility index (Phi) is 3.80. The van der Waals surface area contributed by atoms with Gasteiger partial charge in [-0.05, 0) is 44.9 Å². The Balaban J connectivity index is 1.64. The number of hydrogen-bond donors (Lipinski definition) is 1. The molecule has 0 bridgehead atoms. The molecule has 2 aromatic heterocycles. The Labute approximate surface area is 145 Å². The van der Waals surface area contributed by atoms with Crippen LogP contribution in [-0.4, -0.2) is 25.7 Å². The molecule has 0 unspecified atom stereocenters. The van der Waals surface area contributed by atoms with E-state index in [2.05, 4.69) is 20.4 Å². The number of nitrogens with one attached hydrogen (secondary N) is 1. The van der Waals surface area contributed by atoms with E-state index in [4.69, 9.17) is 0 Å². The third kappa shape index (κ3) is 3.28. The fourth-order valence-electron chi connectivity index (χ4n) is 2.77. The van der Waals surface area contributed by atoms with Gasteiger partial charge in [0.15, 0.2) is 0 Å². The summed E-state index contributed by atoms with van der Waals surface area (Å²) in [6, 6.07) is 13.3. The van der Waals surface area contributed by atoms with Crippen LogP contribution in [0.3, 0.4) is 0 Å². The second-order valence-corrected chi connectivity index (χ2v) is 6.40. The molecule has 1 fully saturated rings. The summed E-state index contributed by atoms with van der Waals surface area (Å²) in [5.74, 6) is 1.56. The highest BCUT2D eigenvalue weighted by Crippen LogP contribution is 2.38. The molecule has 6 nitrogen and oxygen atoms in total. The van der Waals surface area contributed by atoms with Crippen LogP contribution in [0.15, 0.2) is 42.5 Å². The number of rotatable bonds is 4. The van der Waals surface area contributed by atoms with Gasteiger partial charge in [-0.2, -0.15) is 5.10 Å². The molecule has 0 radical (unpaired) electrons. The zero-order valence-electron chi connectivity index (χ0n) is 14.2. The Morgan fingerprint density at radius 2 is 1.84 bits per heavy atom. The first-order valence-electron chi connectivity index (χ1n) is 8.39. The second kappa shape index (κ2) is 6.12. The summed E-state index contributed by atoms with van der Waals surface area (Å²) in [6.07, 6.45) is 2.20. The SMILES string of the molecule is Cc1cc(C(=O)Nc2cc(C)nn2-c2ccccc2)nc(C2CC2)n1. The van der Waals surface area contributed by atoms with Gasteiger partial charge in [0, 0.05) is 17.7 Å². The van der Waals surface area contributed by atoms with Crippen molar-refractivity contribution in [2.24, 2.45) is 0 Å². The average Bonchev–Trinajstić information content (AvgIpc) is 3.39. The van der Waals surface area contributed by atoms with Crippen LogP contribution in [-0.2, 0) is 0 Å². The second-order valence-electron chi connectivity index (χ2n) is 6.40. The third-order valence-electron chi connectivity index (χ3n) is 4.12. The van der Waals surface area contributed by atoms with Crippen LogP contribution in [0.25, 0.3) is 5.69 Å². The van der Waals surface area contributed by atoms with Crippen molar-refractivity contribution < 1.29 is 4.79 Å². The predicted molar refractivity (Wildman–Crippen MR) is 95.0 cm³/mol. The van der Waals surface area contributed by atoms with Gasteiger partial charge in [-0.25, -0.2) is 14.6 Å². The highest BCUT2D eigenvalue weighted by atomic mass is 16.2. The highest BCUT2D eigenvalue weighted by molar-refractivity contribution is 6.02. The monoisotopic (exact) mass is 333 g/mol. The number of hydrogen-bond acceptors (Lipinski definition) is 4. The van der Waals surface area contributed by atoms with Crippen molar-refractivity contribution in [1.29, 1.82) is 0 Å². The topological polar surface area (TPSA) is 72.7 Å². The maximum absolute atomic E-state index is 12.7. The van der Waals surface area contributed by atoms with E-state index in [1.807, 2.05) is 50.2 Å². The van der Waals surface area contributed by atoms with E-state index in [0.29, 0.717) is 17.4 Å². The summed E-state index contributed by atoms with van der Waals surface area (Å²) in [5, 5.41) is 7.40. The molecule has 2 heterocycles. The van der Waals surface area contributed by atoms with Crippen molar-refractivity contribution in [1.82, 2.24) is 19.7 Å². The molecule has 6 heteroatoms. The summed E-state index contributed by atoms with van der Waals surface area (Å²) in [6.45, 7) is 3.79. The minimum absolute atomic E-state index is 0.246. The predicted octanol–water partition coefficient (Wildman–Crippen LogP) is 3.41. The lowest BCUT2D eigenvalue weighted by molar-refractivity contribution is 0.102. The molecule has 25 heavy (non-hydrogen) atoms. The number of para-hydroxylation sites is 1. The Hall–Kier alpha value is -3.02. The normalized spacial score (nSPS) is 13.7. The van der Waals surface area contributed by atoms with Gasteiger partial charge in [0.25, 0.3) is 5.91 Å². The zero-order valence-corrected chi connectivity index (χ0v) is 14.2. The number of carbonyl (C=O) groups excluding carboxylic acids is 1. The van der Waals surface area contributed by atoms with Gasteiger partial charge in [-0.3, -0.25) is 4.79 Å². The molecular weight excluding hydrogens is 314 g/mol. The molecule has 1 aliphatic carbocycles. The number of anilines is 1. The molecule has 1 N–H and O–H groups in total. The lowest BCUT2D eigenvalue weighted by atomic mass is 10.3. The minimum atomic E-state index is -0.246. The van der Waals surface area contributed by atoms with Gasteiger partial charge in [0.05, 0.1) is 11.4 Å². The summed E-state index contributed by atoms with van der Waals surface area (Å²) >= 11 is 0. The average molecular weight is 333 g/mol. The molecule has 1 amide bonds. The van der Waals surface area contributed by atoms with Crippen molar-refractivity contribution in [2.45, 2.75) is 32.6 Å². The molecule has 126 valence electrons. The molecular formula is C19H19N5O. The highest BCUT2D eigenvalue weighted by Gasteiger charge is 2.27. The van der Waals surface area contributed by atoms with Gasteiger partial charge in [0.1, 0.15) is 17.3 Å². The van der Waals surface area contributed by atoms with Crippen LogP contribution in [0.2, 0.25) is 0 Å². The molecule has 4 rings (SSSR count). The van der Waals surface area contributed by atoms with E-state index in [1.165, 1.54) is 0 Å². The van der Waals surface area contributed by atoms with Crippen molar-refractivity contribution in [3.05, 3.63) is 65.4 Å². The number of aromatic nitrogens is 4. The first-order chi connectivity index (χ1) is 12.1. The first kappa shape index (κ1) is 15.5. The zero-order chi connectivity index (χ0) is 17.4. The van der Waals surface area contributed by atoms with E-state index >= 15 is 0 Å². The van der Waals surface area contributed by atoms with Crippen molar-refractivity contribution in [2.75, 3.05) is 5.32 Å². The lowest BCUT2D eigenvalue weighted by Gasteiger charge is -2.09. The van der Waals surface area contributed by atoms with Crippen molar-refractivity contribution in [3.8, 4) is 5.69 Å². The van der Waals surface area contributed by atoms with Crippen LogP contribution in [0, 0.1) is 13.8 Å². The van der Waals surface area contributed by atoms with E-state index in [1.54, 1.807) is 10.7 Å². The smallest absolute Gasteiger partial charge is 0.275 e. The van der Waals surface area contributed by atoms with Crippen molar-refractivity contribution >= 4 is 11.7 Å². The molecule has 3 aromatic rings. The van der Waals surface area contributed by atoms with E-state index in [9.17, 15) is 4.79 Å². The molecule has 0 aliphatic heterocycles. The van der Waals surface area contributed by atoms with Gasteiger partial charge in [-0.1, -0.05) is 18.2 Å². The molecule has 0 spiro atoms. The van der Waals surface area contributed by atoms with Gasteiger partial charge in [-0.15, -0.1) is 0 Å². The number of nitrogens with zero attached hydrogens (tertiary/aromatic N) is 4. The number of amides is 1. The molecule has 1 saturated carbocycles. The van der Waals surface area contributed by atoms with Crippen LogP contribution in [0.5, 0.6) is 0 Å². The van der Waals surface area contributed by atoms with Gasteiger partial charge in [0.2, 0.25) is 0 Å². The molecule has 0 saturated heterocycles. The Bertz CT molecular complexity index is 928. The fourth-order valence-corrected chi connectivity index (χ4v) is 2.77. The molecule has 1 aromatic carbocycles. The summed E-state index contributed by atoms with van der Waals surface area (Å²) < 4.78 is 1.73. The summed E-state index contributed by atoms with van der Waals surface area (Å²) in [4.78, 5) is 21.6. The Morgan fingerprint density at radius 3 is 2.56 bits per heavy atom.